The normalized spacial score (nSPS) is 13.5. The van der Waals surface area contributed by atoms with Crippen LogP contribution in [0.25, 0.3) is 0 Å². The van der Waals surface area contributed by atoms with Crippen molar-refractivity contribution in [3.8, 4) is 0 Å². The number of nitrogen functional groups attached to an aromatic ring is 1. The van der Waals surface area contributed by atoms with Gasteiger partial charge < -0.3 is 11.1 Å². The maximum absolute atomic E-state index is 12.5. The lowest BCUT2D eigenvalue weighted by Gasteiger charge is -2.17. The number of hydrogen-bond acceptors (Lipinski definition) is 3. The van der Waals surface area contributed by atoms with E-state index >= 15 is 0 Å². The molecule has 21 heavy (non-hydrogen) atoms. The lowest BCUT2D eigenvalue weighted by Crippen LogP contribution is -2.32. The van der Waals surface area contributed by atoms with Gasteiger partial charge in [-0.25, -0.2) is 0 Å². The topological polar surface area (TPSA) is 72.2 Å². The Balaban J connectivity index is 2.04. The lowest BCUT2D eigenvalue weighted by molar-refractivity contribution is 0.0946. The summed E-state index contributed by atoms with van der Waals surface area (Å²) in [5.41, 5.74) is 8.48. The summed E-state index contributed by atoms with van der Waals surface area (Å²) in [7, 11) is 0. The average Bonchev–Trinajstić information content (AvgIpc) is 2.49. The Bertz CT molecular complexity index is 756. The molecule has 1 heterocycles. The van der Waals surface area contributed by atoms with Crippen LogP contribution in [0.15, 0.2) is 36.4 Å². The first-order chi connectivity index (χ1) is 10.1. The van der Waals surface area contributed by atoms with E-state index in [0.717, 1.165) is 12.0 Å². The van der Waals surface area contributed by atoms with Crippen molar-refractivity contribution >= 4 is 29.0 Å². The van der Waals surface area contributed by atoms with Crippen LogP contribution in [-0.4, -0.2) is 18.2 Å². The van der Waals surface area contributed by atoms with Gasteiger partial charge in [0.15, 0.2) is 5.78 Å². The molecule has 0 unspecified atom stereocenters. The van der Waals surface area contributed by atoms with Crippen LogP contribution in [0.4, 0.5) is 5.69 Å². The van der Waals surface area contributed by atoms with E-state index in [1.54, 1.807) is 30.3 Å². The number of nitrogens with one attached hydrogen (secondary N) is 1. The van der Waals surface area contributed by atoms with Gasteiger partial charge in [-0.2, -0.15) is 0 Å². The van der Waals surface area contributed by atoms with Gasteiger partial charge in [0.1, 0.15) is 0 Å². The molecule has 1 aliphatic heterocycles. The SMILES string of the molecule is Nc1ccc(Cl)cc1C(=O)c1ccc2c(c1)C(=O)NCC2. The van der Waals surface area contributed by atoms with Gasteiger partial charge in [0.05, 0.1) is 0 Å². The van der Waals surface area contributed by atoms with E-state index in [2.05, 4.69) is 5.32 Å². The van der Waals surface area contributed by atoms with Crippen LogP contribution in [-0.2, 0) is 6.42 Å². The highest BCUT2D eigenvalue weighted by atomic mass is 35.5. The molecule has 0 aliphatic carbocycles. The van der Waals surface area contributed by atoms with Crippen molar-refractivity contribution in [3.63, 3.8) is 0 Å². The Labute approximate surface area is 126 Å². The first-order valence-electron chi connectivity index (χ1n) is 6.57. The Hall–Kier alpha value is -2.33. The number of hydrogen-bond donors (Lipinski definition) is 2. The molecule has 0 aromatic heterocycles. The van der Waals surface area contributed by atoms with Gasteiger partial charge in [0, 0.05) is 33.9 Å². The first-order valence-corrected chi connectivity index (χ1v) is 6.95. The van der Waals surface area contributed by atoms with Gasteiger partial charge in [-0.15, -0.1) is 0 Å². The number of carbonyl (C=O) groups is 2. The number of rotatable bonds is 2. The first kappa shape index (κ1) is 13.6. The van der Waals surface area contributed by atoms with Gasteiger partial charge in [0.25, 0.3) is 5.91 Å². The second kappa shape index (κ2) is 5.22. The summed E-state index contributed by atoms with van der Waals surface area (Å²) in [5, 5.41) is 3.22. The molecule has 0 saturated heterocycles. The summed E-state index contributed by atoms with van der Waals surface area (Å²) in [5.74, 6) is -0.388. The molecular weight excluding hydrogens is 288 g/mol. The van der Waals surface area contributed by atoms with E-state index in [9.17, 15) is 9.59 Å². The van der Waals surface area contributed by atoms with Gasteiger partial charge >= 0.3 is 0 Å². The molecule has 5 heteroatoms. The molecular formula is C16H13ClN2O2. The van der Waals surface area contributed by atoms with Crippen LogP contribution in [0.5, 0.6) is 0 Å². The second-order valence-electron chi connectivity index (χ2n) is 4.94. The Morgan fingerprint density at radius 1 is 1.19 bits per heavy atom. The fourth-order valence-corrected chi connectivity index (χ4v) is 2.61. The van der Waals surface area contributed by atoms with Crippen LogP contribution < -0.4 is 11.1 Å². The van der Waals surface area contributed by atoms with E-state index in [0.29, 0.717) is 33.9 Å². The molecule has 0 atom stereocenters. The number of carbonyl (C=O) groups excluding carboxylic acids is 2. The van der Waals surface area contributed by atoms with Crippen LogP contribution in [0.3, 0.4) is 0 Å². The molecule has 4 nitrogen and oxygen atoms in total. The highest BCUT2D eigenvalue weighted by Crippen LogP contribution is 2.23. The Morgan fingerprint density at radius 3 is 2.81 bits per heavy atom. The zero-order valence-corrected chi connectivity index (χ0v) is 11.9. The van der Waals surface area contributed by atoms with E-state index in [4.69, 9.17) is 17.3 Å². The van der Waals surface area contributed by atoms with Crippen molar-refractivity contribution in [3.05, 3.63) is 63.7 Å². The third-order valence-corrected chi connectivity index (χ3v) is 3.79. The van der Waals surface area contributed by atoms with Gasteiger partial charge in [-0.3, -0.25) is 9.59 Å². The average molecular weight is 301 g/mol. The molecule has 0 bridgehead atoms. The number of halogens is 1. The third kappa shape index (κ3) is 2.50. The minimum absolute atomic E-state index is 0.148. The summed E-state index contributed by atoms with van der Waals surface area (Å²) in [6.07, 6.45) is 0.773. The van der Waals surface area contributed by atoms with Crippen molar-refractivity contribution < 1.29 is 9.59 Å². The molecule has 1 amide bonds. The zero-order chi connectivity index (χ0) is 15.0. The minimum Gasteiger partial charge on any atom is -0.398 e. The molecule has 0 saturated carbocycles. The molecule has 2 aromatic carbocycles. The van der Waals surface area contributed by atoms with Crippen molar-refractivity contribution in [1.82, 2.24) is 5.32 Å². The Morgan fingerprint density at radius 2 is 2.00 bits per heavy atom. The summed E-state index contributed by atoms with van der Waals surface area (Å²) in [6.45, 7) is 0.625. The smallest absolute Gasteiger partial charge is 0.251 e. The monoisotopic (exact) mass is 300 g/mol. The van der Waals surface area contributed by atoms with E-state index in [1.807, 2.05) is 6.07 Å². The van der Waals surface area contributed by atoms with Crippen molar-refractivity contribution in [1.29, 1.82) is 0 Å². The number of benzene rings is 2. The molecule has 1 aliphatic rings. The van der Waals surface area contributed by atoms with Crippen molar-refractivity contribution in [2.75, 3.05) is 12.3 Å². The third-order valence-electron chi connectivity index (χ3n) is 3.56. The standard InChI is InChI=1S/C16H13ClN2O2/c17-11-3-4-14(18)13(8-11)15(20)10-2-1-9-5-6-19-16(21)12(9)7-10/h1-4,7-8H,5-6,18H2,(H,19,21). The zero-order valence-electron chi connectivity index (χ0n) is 11.2. The number of anilines is 1. The van der Waals surface area contributed by atoms with Gasteiger partial charge in [-0.05, 0) is 36.2 Å². The summed E-state index contributed by atoms with van der Waals surface area (Å²) < 4.78 is 0. The molecule has 2 aromatic rings. The van der Waals surface area contributed by atoms with Crippen molar-refractivity contribution in [2.45, 2.75) is 6.42 Å². The van der Waals surface area contributed by atoms with Crippen molar-refractivity contribution in [2.24, 2.45) is 0 Å². The number of fused-ring (bicyclic) bond motifs is 1. The fourth-order valence-electron chi connectivity index (χ4n) is 2.43. The molecule has 0 spiro atoms. The summed E-state index contributed by atoms with van der Waals surface area (Å²) in [4.78, 5) is 24.4. The number of nitrogens with two attached hydrogens (primary N) is 1. The molecule has 106 valence electrons. The summed E-state index contributed by atoms with van der Waals surface area (Å²) in [6, 6.07) is 9.93. The maximum atomic E-state index is 12.5. The van der Waals surface area contributed by atoms with Crippen LogP contribution >= 0.6 is 11.6 Å². The van der Waals surface area contributed by atoms with E-state index < -0.39 is 0 Å². The maximum Gasteiger partial charge on any atom is 0.251 e. The summed E-state index contributed by atoms with van der Waals surface area (Å²) >= 11 is 5.91. The van der Waals surface area contributed by atoms with E-state index in [-0.39, 0.29) is 11.7 Å². The second-order valence-corrected chi connectivity index (χ2v) is 5.37. The van der Waals surface area contributed by atoms with Crippen LogP contribution in [0.1, 0.15) is 31.8 Å². The minimum atomic E-state index is -0.240. The predicted molar refractivity (Wildman–Crippen MR) is 81.8 cm³/mol. The quantitative estimate of drug-likeness (QED) is 0.661. The number of ketones is 1. The molecule has 0 fully saturated rings. The highest BCUT2D eigenvalue weighted by Gasteiger charge is 2.20. The van der Waals surface area contributed by atoms with Gasteiger partial charge in [0.2, 0.25) is 0 Å². The van der Waals surface area contributed by atoms with Gasteiger partial charge in [-0.1, -0.05) is 23.7 Å². The fraction of sp³-hybridized carbons (Fsp3) is 0.125. The lowest BCUT2D eigenvalue weighted by atomic mass is 9.94. The van der Waals surface area contributed by atoms with Crippen LogP contribution in [0.2, 0.25) is 5.02 Å². The highest BCUT2D eigenvalue weighted by molar-refractivity contribution is 6.31. The Kier molecular flexibility index (Phi) is 3.39. The predicted octanol–water partition coefficient (Wildman–Crippen LogP) is 2.44. The number of amides is 1. The van der Waals surface area contributed by atoms with E-state index in [1.165, 1.54) is 0 Å². The molecule has 0 radical (unpaired) electrons. The largest absolute Gasteiger partial charge is 0.398 e. The van der Waals surface area contributed by atoms with Crippen LogP contribution in [0, 0.1) is 0 Å². The molecule has 3 N–H and O–H groups in total. The molecule has 3 rings (SSSR count).